The molecule has 0 unspecified atom stereocenters. The van der Waals surface area contributed by atoms with Gasteiger partial charge in [0, 0.05) is 13.1 Å². The van der Waals surface area contributed by atoms with Crippen LogP contribution in [0.2, 0.25) is 0 Å². The van der Waals surface area contributed by atoms with Crippen LogP contribution in [0.1, 0.15) is 19.3 Å². The highest BCUT2D eigenvalue weighted by molar-refractivity contribution is 5.69. The number of ether oxygens (including phenoxy) is 1. The van der Waals surface area contributed by atoms with Crippen molar-refractivity contribution in [3.8, 4) is 0 Å². The fourth-order valence-corrected chi connectivity index (χ4v) is 1.77. The van der Waals surface area contributed by atoms with E-state index in [1.54, 1.807) is 0 Å². The minimum absolute atomic E-state index is 0.0889. The van der Waals surface area contributed by atoms with Crippen molar-refractivity contribution < 1.29 is 14.6 Å². The number of esters is 1. The summed E-state index contributed by atoms with van der Waals surface area (Å²) < 4.78 is 4.56. The average molecular weight is 201 g/mol. The van der Waals surface area contributed by atoms with Crippen molar-refractivity contribution in [3.05, 3.63) is 0 Å². The summed E-state index contributed by atoms with van der Waals surface area (Å²) in [7, 11) is 3.40. The van der Waals surface area contributed by atoms with E-state index in [9.17, 15) is 4.79 Å². The van der Waals surface area contributed by atoms with E-state index in [1.807, 2.05) is 7.05 Å². The molecule has 4 heteroatoms. The number of carbonyl (C=O) groups excluding carboxylic acids is 1. The molecular formula is C10H19NO3. The van der Waals surface area contributed by atoms with Gasteiger partial charge in [-0.05, 0) is 25.8 Å². The molecule has 0 saturated heterocycles. The Bertz CT molecular complexity index is 190. The molecular weight excluding hydrogens is 182 g/mol. The molecule has 14 heavy (non-hydrogen) atoms. The zero-order valence-electron chi connectivity index (χ0n) is 8.90. The summed E-state index contributed by atoms with van der Waals surface area (Å²) in [4.78, 5) is 13.0. The second-order valence-electron chi connectivity index (χ2n) is 4.08. The van der Waals surface area contributed by atoms with Crippen LogP contribution in [0.4, 0.5) is 0 Å². The highest BCUT2D eigenvalue weighted by Crippen LogP contribution is 2.27. The second kappa shape index (κ2) is 5.32. The number of carbonyl (C=O) groups is 1. The van der Waals surface area contributed by atoms with Gasteiger partial charge in [-0.3, -0.25) is 4.79 Å². The molecule has 1 rings (SSSR count). The molecule has 1 aliphatic carbocycles. The van der Waals surface area contributed by atoms with Crippen molar-refractivity contribution in [2.75, 3.05) is 27.2 Å². The molecule has 1 saturated carbocycles. The van der Waals surface area contributed by atoms with E-state index in [0.29, 0.717) is 12.3 Å². The summed E-state index contributed by atoms with van der Waals surface area (Å²) in [5.41, 5.74) is 0. The van der Waals surface area contributed by atoms with Crippen molar-refractivity contribution in [2.45, 2.75) is 25.4 Å². The molecule has 1 aliphatic rings. The molecule has 0 heterocycles. The molecule has 0 spiro atoms. The first-order valence-corrected chi connectivity index (χ1v) is 5.05. The Morgan fingerprint density at radius 1 is 1.57 bits per heavy atom. The lowest BCUT2D eigenvalue weighted by atomic mass is 9.82. The largest absolute Gasteiger partial charge is 0.469 e. The SMILES string of the molecule is COC(=O)CCN(C)CC1CC(O)C1. The molecule has 0 aliphatic heterocycles. The number of hydrogen-bond donors (Lipinski definition) is 1. The van der Waals surface area contributed by atoms with Crippen LogP contribution in [-0.2, 0) is 9.53 Å². The molecule has 0 radical (unpaired) electrons. The van der Waals surface area contributed by atoms with E-state index in [2.05, 4.69) is 9.64 Å². The maximum Gasteiger partial charge on any atom is 0.306 e. The first kappa shape index (κ1) is 11.5. The lowest BCUT2D eigenvalue weighted by Crippen LogP contribution is -2.37. The number of nitrogens with zero attached hydrogens (tertiary/aromatic N) is 1. The summed E-state index contributed by atoms with van der Waals surface area (Å²) in [5, 5.41) is 9.09. The minimum atomic E-state index is -0.162. The predicted octanol–water partition coefficient (Wildman–Crippen LogP) is 0.252. The van der Waals surface area contributed by atoms with E-state index in [0.717, 1.165) is 25.9 Å². The minimum Gasteiger partial charge on any atom is -0.469 e. The fraction of sp³-hybridized carbons (Fsp3) is 0.900. The number of methoxy groups -OCH3 is 1. The van der Waals surface area contributed by atoms with Crippen LogP contribution in [-0.4, -0.2) is 49.3 Å². The molecule has 1 N–H and O–H groups in total. The lowest BCUT2D eigenvalue weighted by Gasteiger charge is -2.34. The Kier molecular flexibility index (Phi) is 4.35. The highest BCUT2D eigenvalue weighted by Gasteiger charge is 2.27. The normalized spacial score (nSPS) is 26.0. The van der Waals surface area contributed by atoms with Crippen molar-refractivity contribution >= 4 is 5.97 Å². The molecule has 0 atom stereocenters. The van der Waals surface area contributed by atoms with Crippen molar-refractivity contribution in [2.24, 2.45) is 5.92 Å². The van der Waals surface area contributed by atoms with Gasteiger partial charge >= 0.3 is 5.97 Å². The van der Waals surface area contributed by atoms with Crippen molar-refractivity contribution in [1.29, 1.82) is 0 Å². The van der Waals surface area contributed by atoms with Gasteiger partial charge in [-0.2, -0.15) is 0 Å². The molecule has 1 fully saturated rings. The number of hydrogen-bond acceptors (Lipinski definition) is 4. The van der Waals surface area contributed by atoms with Crippen LogP contribution >= 0.6 is 0 Å². The maximum atomic E-state index is 10.8. The smallest absolute Gasteiger partial charge is 0.306 e. The Morgan fingerprint density at radius 3 is 2.71 bits per heavy atom. The summed E-state index contributed by atoms with van der Waals surface area (Å²) in [5.74, 6) is 0.443. The quantitative estimate of drug-likeness (QED) is 0.648. The van der Waals surface area contributed by atoms with Gasteiger partial charge in [0.15, 0.2) is 0 Å². The topological polar surface area (TPSA) is 49.8 Å². The van der Waals surface area contributed by atoms with E-state index in [1.165, 1.54) is 7.11 Å². The Hall–Kier alpha value is -0.610. The number of aliphatic hydroxyl groups excluding tert-OH is 1. The summed E-state index contributed by atoms with van der Waals surface area (Å²) >= 11 is 0. The molecule has 0 aromatic carbocycles. The summed E-state index contributed by atoms with van der Waals surface area (Å²) in [6, 6.07) is 0. The van der Waals surface area contributed by atoms with E-state index in [4.69, 9.17) is 5.11 Å². The fourth-order valence-electron chi connectivity index (χ4n) is 1.77. The van der Waals surface area contributed by atoms with Gasteiger partial charge in [0.1, 0.15) is 0 Å². The maximum absolute atomic E-state index is 10.8. The third-order valence-corrected chi connectivity index (χ3v) is 2.71. The van der Waals surface area contributed by atoms with Crippen LogP contribution in [0.3, 0.4) is 0 Å². The Morgan fingerprint density at radius 2 is 2.21 bits per heavy atom. The average Bonchev–Trinajstić information content (AvgIpc) is 2.11. The van der Waals surface area contributed by atoms with Gasteiger partial charge in [0.2, 0.25) is 0 Å². The van der Waals surface area contributed by atoms with Crippen LogP contribution in [0.5, 0.6) is 0 Å². The number of rotatable bonds is 5. The van der Waals surface area contributed by atoms with Crippen molar-refractivity contribution in [3.63, 3.8) is 0 Å². The van der Waals surface area contributed by atoms with E-state index < -0.39 is 0 Å². The van der Waals surface area contributed by atoms with Gasteiger partial charge < -0.3 is 14.7 Å². The molecule has 0 aromatic heterocycles. The Labute approximate surface area is 84.8 Å². The van der Waals surface area contributed by atoms with E-state index >= 15 is 0 Å². The van der Waals surface area contributed by atoms with Gasteiger partial charge in [0.25, 0.3) is 0 Å². The molecule has 82 valence electrons. The van der Waals surface area contributed by atoms with Gasteiger partial charge in [-0.15, -0.1) is 0 Å². The number of aliphatic hydroxyl groups is 1. The third kappa shape index (κ3) is 3.64. The van der Waals surface area contributed by atoms with Crippen LogP contribution in [0, 0.1) is 5.92 Å². The first-order chi connectivity index (χ1) is 6.61. The Balaban J connectivity index is 2.04. The molecule has 0 aromatic rings. The van der Waals surface area contributed by atoms with Gasteiger partial charge in [0.05, 0.1) is 19.6 Å². The standard InChI is InChI=1S/C10H19NO3/c1-11(4-3-10(13)14-2)7-8-5-9(12)6-8/h8-9,12H,3-7H2,1-2H3. The molecule has 4 nitrogen and oxygen atoms in total. The lowest BCUT2D eigenvalue weighted by molar-refractivity contribution is -0.141. The first-order valence-electron chi connectivity index (χ1n) is 5.05. The van der Waals surface area contributed by atoms with Crippen LogP contribution in [0.25, 0.3) is 0 Å². The van der Waals surface area contributed by atoms with E-state index in [-0.39, 0.29) is 12.1 Å². The zero-order valence-corrected chi connectivity index (χ0v) is 8.90. The monoisotopic (exact) mass is 201 g/mol. The second-order valence-corrected chi connectivity index (χ2v) is 4.08. The molecule has 0 bridgehead atoms. The van der Waals surface area contributed by atoms with Crippen LogP contribution < -0.4 is 0 Å². The molecule has 0 amide bonds. The third-order valence-electron chi connectivity index (χ3n) is 2.71. The zero-order chi connectivity index (χ0) is 10.6. The van der Waals surface area contributed by atoms with Gasteiger partial charge in [-0.1, -0.05) is 0 Å². The van der Waals surface area contributed by atoms with Crippen LogP contribution in [0.15, 0.2) is 0 Å². The summed E-state index contributed by atoms with van der Waals surface area (Å²) in [6.45, 7) is 1.70. The van der Waals surface area contributed by atoms with Crippen molar-refractivity contribution in [1.82, 2.24) is 4.90 Å². The predicted molar refractivity (Wildman–Crippen MR) is 52.9 cm³/mol. The highest BCUT2D eigenvalue weighted by atomic mass is 16.5. The van der Waals surface area contributed by atoms with Gasteiger partial charge in [-0.25, -0.2) is 0 Å². The summed E-state index contributed by atoms with van der Waals surface area (Å²) in [6.07, 6.45) is 2.17.